The Balaban J connectivity index is 3.01. The van der Waals surface area contributed by atoms with E-state index in [1.807, 2.05) is 0 Å². The van der Waals surface area contributed by atoms with Crippen LogP contribution in [0.25, 0.3) is 0 Å². The molecule has 0 unspecified atom stereocenters. The van der Waals surface area contributed by atoms with Crippen molar-refractivity contribution in [3.63, 3.8) is 0 Å². The topological polar surface area (TPSA) is 130 Å². The molecule has 1 N–H and O–H groups in total. The summed E-state index contributed by atoms with van der Waals surface area (Å²) in [5, 5.41) is 8.39. The molecular formula is C22H43ClO12. The van der Waals surface area contributed by atoms with Gasteiger partial charge >= 0.3 is 5.97 Å². The van der Waals surface area contributed by atoms with E-state index in [0.717, 1.165) is 0 Å². The molecule has 0 saturated carbocycles. The van der Waals surface area contributed by atoms with E-state index in [9.17, 15) is 4.79 Å². The Labute approximate surface area is 213 Å². The lowest BCUT2D eigenvalue weighted by atomic mass is 10.6. The highest BCUT2D eigenvalue weighted by atomic mass is 35.5. The molecule has 0 radical (unpaired) electrons. The second-order valence-corrected chi connectivity index (χ2v) is 7.02. The van der Waals surface area contributed by atoms with Gasteiger partial charge in [-0.05, 0) is 0 Å². The van der Waals surface area contributed by atoms with Gasteiger partial charge in [-0.2, -0.15) is 0 Å². The summed E-state index contributed by atoms with van der Waals surface area (Å²) >= 11 is 5.49. The molecule has 35 heavy (non-hydrogen) atoms. The van der Waals surface area contributed by atoms with E-state index in [2.05, 4.69) is 0 Å². The average molecular weight is 535 g/mol. The molecule has 0 fully saturated rings. The highest BCUT2D eigenvalue weighted by Gasteiger charge is 1.97. The Kier molecular flexibility index (Phi) is 30.8. The van der Waals surface area contributed by atoms with Gasteiger partial charge in [-0.15, -0.1) is 11.6 Å². The van der Waals surface area contributed by atoms with Crippen LogP contribution in [0.3, 0.4) is 0 Å². The second-order valence-electron chi connectivity index (χ2n) is 6.65. The summed E-state index contributed by atoms with van der Waals surface area (Å²) < 4.78 is 53.0. The fraction of sp³-hybridized carbons (Fsp3) is 0.955. The summed E-state index contributed by atoms with van der Waals surface area (Å²) in [4.78, 5) is 10.2. The summed E-state index contributed by atoms with van der Waals surface area (Å²) in [6.45, 7) is 8.71. The normalized spacial score (nSPS) is 11.3. The van der Waals surface area contributed by atoms with Gasteiger partial charge in [-0.1, -0.05) is 0 Å². The third kappa shape index (κ3) is 33.4. The molecule has 0 rings (SSSR count). The zero-order valence-corrected chi connectivity index (χ0v) is 21.4. The van der Waals surface area contributed by atoms with Gasteiger partial charge in [0.2, 0.25) is 0 Å². The molecule has 0 atom stereocenters. The molecule has 0 aliphatic heterocycles. The van der Waals surface area contributed by atoms with E-state index in [4.69, 9.17) is 64.1 Å². The lowest BCUT2D eigenvalue weighted by molar-refractivity contribution is -0.142. The van der Waals surface area contributed by atoms with Crippen molar-refractivity contribution in [3.05, 3.63) is 0 Å². The molecule has 0 aromatic carbocycles. The first kappa shape index (κ1) is 34.4. The summed E-state index contributed by atoms with van der Waals surface area (Å²) in [5.74, 6) is -0.501. The van der Waals surface area contributed by atoms with Gasteiger partial charge in [0.1, 0.15) is 6.61 Å². The number of alkyl halides is 1. The monoisotopic (exact) mass is 534 g/mol. The fourth-order valence-electron chi connectivity index (χ4n) is 2.19. The van der Waals surface area contributed by atoms with Crippen molar-refractivity contribution in [3.8, 4) is 0 Å². The van der Waals surface area contributed by atoms with Crippen LogP contribution in [0.5, 0.6) is 0 Å². The summed E-state index contributed by atoms with van der Waals surface area (Å²) in [7, 11) is 0. The van der Waals surface area contributed by atoms with Crippen molar-refractivity contribution >= 4 is 17.6 Å². The Bertz CT molecular complexity index is 420. The predicted molar refractivity (Wildman–Crippen MR) is 127 cm³/mol. The van der Waals surface area contributed by atoms with E-state index in [0.29, 0.717) is 125 Å². The average Bonchev–Trinajstić information content (AvgIpc) is 2.85. The minimum atomic E-state index is -0.994. The van der Waals surface area contributed by atoms with Crippen LogP contribution in [0.15, 0.2) is 0 Å². The van der Waals surface area contributed by atoms with E-state index in [-0.39, 0.29) is 13.2 Å². The van der Waals surface area contributed by atoms with Gasteiger partial charge in [-0.25, -0.2) is 4.79 Å². The largest absolute Gasteiger partial charge is 0.480 e. The highest BCUT2D eigenvalue weighted by Crippen LogP contribution is 1.86. The molecule has 0 bridgehead atoms. The number of hydrogen-bond donors (Lipinski definition) is 1. The lowest BCUT2D eigenvalue weighted by Crippen LogP contribution is -2.15. The molecule has 0 amide bonds. The Morgan fingerprint density at radius 2 is 0.600 bits per heavy atom. The molecule has 210 valence electrons. The molecule has 0 aliphatic rings. The van der Waals surface area contributed by atoms with Crippen LogP contribution >= 0.6 is 11.6 Å². The Hall–Kier alpha value is -0.640. The van der Waals surface area contributed by atoms with Crippen LogP contribution < -0.4 is 0 Å². The molecule has 12 nitrogen and oxygen atoms in total. The standard InChI is InChI=1S/C22H43ClO12/c23-1-2-26-3-4-27-5-6-28-7-8-29-9-10-30-11-12-31-13-14-32-15-16-33-17-18-34-19-20-35-21-22(24)25/h1-21H2,(H,24,25). The zero-order chi connectivity index (χ0) is 25.5. The van der Waals surface area contributed by atoms with Crippen molar-refractivity contribution in [2.75, 3.05) is 138 Å². The molecule has 0 heterocycles. The molecule has 0 aromatic heterocycles. The van der Waals surface area contributed by atoms with Crippen molar-refractivity contribution < 1.29 is 57.3 Å². The second kappa shape index (κ2) is 31.4. The highest BCUT2D eigenvalue weighted by molar-refractivity contribution is 6.17. The minimum absolute atomic E-state index is 0.245. The minimum Gasteiger partial charge on any atom is -0.480 e. The van der Waals surface area contributed by atoms with Crippen LogP contribution in [-0.2, 0) is 52.2 Å². The van der Waals surface area contributed by atoms with Gasteiger partial charge < -0.3 is 52.5 Å². The molecular weight excluding hydrogens is 492 g/mol. The Morgan fingerprint density at radius 1 is 0.400 bits per heavy atom. The molecule has 0 aromatic rings. The smallest absolute Gasteiger partial charge is 0.329 e. The molecule has 13 heteroatoms. The van der Waals surface area contributed by atoms with Crippen LogP contribution in [0.2, 0.25) is 0 Å². The van der Waals surface area contributed by atoms with E-state index in [1.165, 1.54) is 0 Å². The van der Waals surface area contributed by atoms with E-state index >= 15 is 0 Å². The van der Waals surface area contributed by atoms with Crippen molar-refractivity contribution in [2.45, 2.75) is 0 Å². The molecule has 0 aliphatic carbocycles. The van der Waals surface area contributed by atoms with Gasteiger partial charge in [0.15, 0.2) is 0 Å². The number of carboxylic acids is 1. The maximum absolute atomic E-state index is 10.2. The fourth-order valence-corrected chi connectivity index (χ4v) is 2.30. The van der Waals surface area contributed by atoms with Crippen LogP contribution in [-0.4, -0.2) is 149 Å². The number of halogens is 1. The SMILES string of the molecule is O=C(O)COCCOCCOCCOCCOCCOCCOCCOCCOCCOCCCl. The van der Waals surface area contributed by atoms with Crippen molar-refractivity contribution in [2.24, 2.45) is 0 Å². The van der Waals surface area contributed by atoms with Gasteiger partial charge in [-0.3, -0.25) is 0 Å². The van der Waals surface area contributed by atoms with Crippen LogP contribution in [0.1, 0.15) is 0 Å². The maximum atomic E-state index is 10.2. The number of hydrogen-bond acceptors (Lipinski definition) is 11. The molecule has 0 spiro atoms. The number of carboxylic acid groups (broad SMARTS) is 1. The van der Waals surface area contributed by atoms with Crippen LogP contribution in [0.4, 0.5) is 0 Å². The number of ether oxygens (including phenoxy) is 10. The van der Waals surface area contributed by atoms with Gasteiger partial charge in [0.05, 0.1) is 126 Å². The summed E-state index contributed by atoms with van der Waals surface area (Å²) in [6.07, 6.45) is 0. The maximum Gasteiger partial charge on any atom is 0.329 e. The first-order valence-corrected chi connectivity index (χ1v) is 12.4. The number of aliphatic carboxylic acids is 1. The number of rotatable bonds is 31. The first-order chi connectivity index (χ1) is 17.3. The first-order valence-electron chi connectivity index (χ1n) is 11.8. The quantitative estimate of drug-likeness (QED) is 0.0980. The lowest BCUT2D eigenvalue weighted by Gasteiger charge is -2.09. The third-order valence-electron chi connectivity index (χ3n) is 3.80. The number of carbonyl (C=O) groups is 1. The summed E-state index contributed by atoms with van der Waals surface area (Å²) in [6, 6.07) is 0. The van der Waals surface area contributed by atoms with Gasteiger partial charge in [0.25, 0.3) is 0 Å². The zero-order valence-electron chi connectivity index (χ0n) is 20.7. The van der Waals surface area contributed by atoms with E-state index < -0.39 is 5.97 Å². The summed E-state index contributed by atoms with van der Waals surface area (Å²) in [5.41, 5.74) is 0. The van der Waals surface area contributed by atoms with Gasteiger partial charge in [0, 0.05) is 5.88 Å². The third-order valence-corrected chi connectivity index (χ3v) is 3.95. The van der Waals surface area contributed by atoms with Crippen molar-refractivity contribution in [1.29, 1.82) is 0 Å². The Morgan fingerprint density at radius 3 is 0.800 bits per heavy atom. The predicted octanol–water partition coefficient (Wildman–Crippen LogP) is 0.476. The van der Waals surface area contributed by atoms with E-state index in [1.54, 1.807) is 0 Å². The van der Waals surface area contributed by atoms with Crippen LogP contribution in [0, 0.1) is 0 Å². The molecule has 0 saturated heterocycles. The van der Waals surface area contributed by atoms with Crippen molar-refractivity contribution in [1.82, 2.24) is 0 Å².